The quantitative estimate of drug-likeness (QED) is 0.470. The molecule has 1 amide bonds. The number of amides is 1. The fraction of sp³-hybridized carbons (Fsp3) is 0.150. The molecular formula is C20H18FN5O2S. The highest BCUT2D eigenvalue weighted by Crippen LogP contribution is 2.33. The van der Waals surface area contributed by atoms with Gasteiger partial charge in [-0.1, -0.05) is 11.8 Å². The smallest absolute Gasteiger partial charge is 0.268 e. The van der Waals surface area contributed by atoms with E-state index in [9.17, 15) is 14.0 Å². The summed E-state index contributed by atoms with van der Waals surface area (Å²) in [5, 5.41) is 10.6. The number of fused-ring (bicyclic) bond motifs is 1. The first-order valence-electron chi connectivity index (χ1n) is 8.85. The van der Waals surface area contributed by atoms with Gasteiger partial charge in [0.2, 0.25) is 0 Å². The Morgan fingerprint density at radius 1 is 1.31 bits per heavy atom. The van der Waals surface area contributed by atoms with E-state index < -0.39 is 11.4 Å². The fourth-order valence-electron chi connectivity index (χ4n) is 3.01. The molecular weight excluding hydrogens is 393 g/mol. The maximum atomic E-state index is 13.8. The summed E-state index contributed by atoms with van der Waals surface area (Å²) in [5.41, 5.74) is 1.66. The standard InChI is InChI=1S/C20H18FN5O2S/c1-11-18(29-13-3-4-16-12(7-13)9-24-25-16)8-17(26(11)2)20(28)23-10-14-15(21)5-6-22-19(14)27/h3-9H,10H2,1-2H3,(H,22,27)(H,23,28)(H,24,25). The molecule has 1 aromatic carbocycles. The zero-order valence-corrected chi connectivity index (χ0v) is 16.6. The Labute approximate surface area is 169 Å². The van der Waals surface area contributed by atoms with Crippen LogP contribution in [0.25, 0.3) is 10.9 Å². The number of H-pyrrole nitrogens is 2. The van der Waals surface area contributed by atoms with E-state index in [0.717, 1.165) is 32.5 Å². The lowest BCUT2D eigenvalue weighted by atomic mass is 10.2. The molecule has 148 valence electrons. The van der Waals surface area contributed by atoms with E-state index in [-0.39, 0.29) is 18.0 Å². The number of hydrogen-bond acceptors (Lipinski definition) is 4. The van der Waals surface area contributed by atoms with Crippen molar-refractivity contribution >= 4 is 28.6 Å². The average molecular weight is 411 g/mol. The molecule has 0 bridgehead atoms. The highest BCUT2D eigenvalue weighted by atomic mass is 32.2. The van der Waals surface area contributed by atoms with E-state index in [4.69, 9.17) is 0 Å². The lowest BCUT2D eigenvalue weighted by molar-refractivity contribution is 0.0942. The van der Waals surface area contributed by atoms with Crippen molar-refractivity contribution in [3.63, 3.8) is 0 Å². The van der Waals surface area contributed by atoms with Gasteiger partial charge in [0.25, 0.3) is 11.5 Å². The van der Waals surface area contributed by atoms with E-state index in [0.29, 0.717) is 5.69 Å². The number of aromatic amines is 2. The van der Waals surface area contributed by atoms with Crippen molar-refractivity contribution in [2.75, 3.05) is 0 Å². The molecule has 0 aliphatic heterocycles. The number of aromatic nitrogens is 4. The Balaban J connectivity index is 1.54. The minimum atomic E-state index is -0.650. The molecule has 0 radical (unpaired) electrons. The molecule has 0 spiro atoms. The van der Waals surface area contributed by atoms with Crippen LogP contribution in [0, 0.1) is 12.7 Å². The van der Waals surface area contributed by atoms with Crippen LogP contribution in [0.3, 0.4) is 0 Å². The second-order valence-electron chi connectivity index (χ2n) is 6.58. The fourth-order valence-corrected chi connectivity index (χ4v) is 4.05. The highest BCUT2D eigenvalue weighted by molar-refractivity contribution is 7.99. The predicted octanol–water partition coefficient (Wildman–Crippen LogP) is 3.12. The lowest BCUT2D eigenvalue weighted by Gasteiger charge is -2.07. The molecule has 0 atom stereocenters. The molecule has 0 saturated carbocycles. The molecule has 0 aliphatic rings. The minimum Gasteiger partial charge on any atom is -0.346 e. The number of rotatable bonds is 5. The summed E-state index contributed by atoms with van der Waals surface area (Å²) < 4.78 is 15.6. The molecule has 29 heavy (non-hydrogen) atoms. The summed E-state index contributed by atoms with van der Waals surface area (Å²) in [5.74, 6) is -1.03. The Morgan fingerprint density at radius 2 is 2.14 bits per heavy atom. The molecule has 0 unspecified atom stereocenters. The molecule has 0 aliphatic carbocycles. The van der Waals surface area contributed by atoms with Crippen LogP contribution in [0.4, 0.5) is 4.39 Å². The summed E-state index contributed by atoms with van der Waals surface area (Å²) in [4.78, 5) is 28.7. The third-order valence-electron chi connectivity index (χ3n) is 4.79. The zero-order valence-electron chi connectivity index (χ0n) is 15.7. The molecule has 0 fully saturated rings. The van der Waals surface area contributed by atoms with E-state index in [1.54, 1.807) is 35.6 Å². The molecule has 3 heterocycles. The summed E-state index contributed by atoms with van der Waals surface area (Å²) in [6.45, 7) is 1.74. The van der Waals surface area contributed by atoms with Crippen LogP contribution >= 0.6 is 11.8 Å². The number of carbonyl (C=O) groups excluding carboxylic acids is 1. The molecule has 3 aromatic heterocycles. The number of carbonyl (C=O) groups is 1. The van der Waals surface area contributed by atoms with E-state index in [2.05, 4.69) is 20.5 Å². The van der Waals surface area contributed by atoms with Crippen LogP contribution in [0.2, 0.25) is 0 Å². The van der Waals surface area contributed by atoms with Gasteiger partial charge in [0.05, 0.1) is 23.8 Å². The molecule has 7 nitrogen and oxygen atoms in total. The summed E-state index contributed by atoms with van der Waals surface area (Å²) in [6, 6.07) is 8.92. The third kappa shape index (κ3) is 3.68. The van der Waals surface area contributed by atoms with Gasteiger partial charge in [-0.2, -0.15) is 5.10 Å². The average Bonchev–Trinajstić information content (AvgIpc) is 3.27. The van der Waals surface area contributed by atoms with Crippen molar-refractivity contribution in [1.82, 2.24) is 25.1 Å². The Bertz CT molecular complexity index is 1270. The van der Waals surface area contributed by atoms with Gasteiger partial charge >= 0.3 is 0 Å². The van der Waals surface area contributed by atoms with Crippen LogP contribution in [-0.2, 0) is 13.6 Å². The van der Waals surface area contributed by atoms with Crippen LogP contribution in [0.15, 0.2) is 57.3 Å². The molecule has 0 saturated heterocycles. The number of halogens is 1. The number of hydrogen-bond donors (Lipinski definition) is 3. The van der Waals surface area contributed by atoms with Crippen molar-refractivity contribution in [3.05, 3.63) is 75.8 Å². The van der Waals surface area contributed by atoms with Gasteiger partial charge in [-0.05, 0) is 37.3 Å². The minimum absolute atomic E-state index is 0.102. The van der Waals surface area contributed by atoms with Crippen LogP contribution in [0.5, 0.6) is 0 Å². The number of nitrogens with zero attached hydrogens (tertiary/aromatic N) is 2. The largest absolute Gasteiger partial charge is 0.346 e. The molecule has 4 aromatic rings. The van der Waals surface area contributed by atoms with Crippen molar-refractivity contribution in [1.29, 1.82) is 0 Å². The second kappa shape index (κ2) is 7.59. The van der Waals surface area contributed by atoms with E-state index >= 15 is 0 Å². The van der Waals surface area contributed by atoms with Crippen molar-refractivity contribution in [2.45, 2.75) is 23.3 Å². The lowest BCUT2D eigenvalue weighted by Crippen LogP contribution is -2.29. The first-order chi connectivity index (χ1) is 13.9. The normalized spacial score (nSPS) is 11.1. The Kier molecular flexibility index (Phi) is 4.98. The molecule has 9 heteroatoms. The third-order valence-corrected chi connectivity index (χ3v) is 5.92. The summed E-state index contributed by atoms with van der Waals surface area (Å²) in [7, 11) is 1.80. The van der Waals surface area contributed by atoms with Gasteiger partial charge in [0.1, 0.15) is 11.5 Å². The van der Waals surface area contributed by atoms with Crippen LogP contribution in [-0.4, -0.2) is 25.7 Å². The van der Waals surface area contributed by atoms with Crippen molar-refractivity contribution in [2.24, 2.45) is 7.05 Å². The van der Waals surface area contributed by atoms with Crippen LogP contribution in [0.1, 0.15) is 21.7 Å². The molecule has 3 N–H and O–H groups in total. The Morgan fingerprint density at radius 3 is 2.93 bits per heavy atom. The summed E-state index contributed by atoms with van der Waals surface area (Å²) >= 11 is 1.55. The van der Waals surface area contributed by atoms with Gasteiger partial charge in [-0.3, -0.25) is 14.7 Å². The van der Waals surface area contributed by atoms with Gasteiger partial charge < -0.3 is 14.9 Å². The monoisotopic (exact) mass is 411 g/mol. The maximum absolute atomic E-state index is 13.8. The number of nitrogens with one attached hydrogen (secondary N) is 3. The van der Waals surface area contributed by atoms with E-state index in [1.165, 1.54) is 6.20 Å². The maximum Gasteiger partial charge on any atom is 0.268 e. The number of benzene rings is 1. The highest BCUT2D eigenvalue weighted by Gasteiger charge is 2.17. The van der Waals surface area contributed by atoms with Gasteiger partial charge in [-0.25, -0.2) is 4.39 Å². The van der Waals surface area contributed by atoms with Crippen molar-refractivity contribution in [3.8, 4) is 0 Å². The van der Waals surface area contributed by atoms with Gasteiger partial charge in [0.15, 0.2) is 0 Å². The predicted molar refractivity (Wildman–Crippen MR) is 109 cm³/mol. The summed E-state index contributed by atoms with van der Waals surface area (Å²) in [6.07, 6.45) is 2.99. The Hall–Kier alpha value is -3.33. The van der Waals surface area contributed by atoms with Gasteiger partial charge in [0, 0.05) is 34.1 Å². The van der Waals surface area contributed by atoms with Crippen LogP contribution < -0.4 is 10.9 Å². The topological polar surface area (TPSA) is 95.6 Å². The molecule has 4 rings (SSSR count). The number of pyridine rings is 1. The second-order valence-corrected chi connectivity index (χ2v) is 7.69. The first kappa shape index (κ1) is 19.0. The zero-order chi connectivity index (χ0) is 20.5. The van der Waals surface area contributed by atoms with E-state index in [1.807, 2.05) is 25.1 Å². The SMILES string of the molecule is Cc1c(Sc2ccc3[nH]ncc3c2)cc(C(=O)NCc2c(F)cc[nH]c2=O)n1C. The first-order valence-corrected chi connectivity index (χ1v) is 9.67. The van der Waals surface area contributed by atoms with Gasteiger partial charge in [-0.15, -0.1) is 0 Å². The van der Waals surface area contributed by atoms with Crippen molar-refractivity contribution < 1.29 is 9.18 Å².